The van der Waals surface area contributed by atoms with Crippen molar-refractivity contribution >= 4 is 40.4 Å². The molecule has 0 fully saturated rings. The van der Waals surface area contributed by atoms with Crippen molar-refractivity contribution in [2.24, 2.45) is 0 Å². The van der Waals surface area contributed by atoms with Crippen LogP contribution in [0.2, 0.25) is 0 Å². The van der Waals surface area contributed by atoms with Crippen LogP contribution >= 0.6 is 0 Å². The van der Waals surface area contributed by atoms with Crippen molar-refractivity contribution in [3.8, 4) is 0 Å². The normalized spacial score (nSPS) is 4.80. The van der Waals surface area contributed by atoms with Crippen molar-refractivity contribution in [3.05, 3.63) is 30.6 Å². The van der Waals surface area contributed by atoms with E-state index in [1.165, 1.54) is 0 Å². The average Bonchev–Trinajstić information content (AvgIpc) is 1.25. The van der Waals surface area contributed by atoms with Crippen LogP contribution in [0, 0.1) is 30.6 Å². The van der Waals surface area contributed by atoms with Gasteiger partial charge in [0.2, 0.25) is 0 Å². The quantitative estimate of drug-likeness (QED) is 0.238. The zero-order chi connectivity index (χ0) is 7.15. The molecule has 0 rings (SSSR count). The summed E-state index contributed by atoms with van der Waals surface area (Å²) in [5, 5.41) is 29.5. The Morgan fingerprint density at radius 3 is 0.800 bits per heavy atom. The first-order valence-corrected chi connectivity index (χ1v) is 1.10. The summed E-state index contributed by atoms with van der Waals surface area (Å²) < 4.78 is 0. The molecule has 10 heteroatoms. The van der Waals surface area contributed by atoms with E-state index in [2.05, 4.69) is 0 Å². The fraction of sp³-hybridized carbons (Fsp3) is 0. The molecule has 0 aromatic rings. The van der Waals surface area contributed by atoms with Crippen LogP contribution < -0.4 is 0 Å². The minimum atomic E-state index is -1.75. The van der Waals surface area contributed by atoms with Gasteiger partial charge in [0.25, 0.3) is 0 Å². The standard InChI is InChI=1S/Al.Mg.2NO3.3H/c;;2*2-1(3)4;;;/q;+2;2*-1;;;. The molecule has 0 saturated carbocycles. The van der Waals surface area contributed by atoms with Crippen LogP contribution in [0.15, 0.2) is 0 Å². The first-order chi connectivity index (χ1) is 3.46. The summed E-state index contributed by atoms with van der Waals surface area (Å²) in [5.41, 5.74) is 0. The third-order valence-corrected chi connectivity index (χ3v) is 0. The minimum absolute atomic E-state index is 0. The second-order valence-corrected chi connectivity index (χ2v) is 0.447. The first kappa shape index (κ1) is 22.6. The van der Waals surface area contributed by atoms with Gasteiger partial charge in [-0.05, 0) is 0 Å². The molecule has 0 aromatic heterocycles. The van der Waals surface area contributed by atoms with E-state index < -0.39 is 10.2 Å². The first-order valence-electron chi connectivity index (χ1n) is 1.10. The summed E-state index contributed by atoms with van der Waals surface area (Å²) in [4.78, 5) is 16.5. The maximum Gasteiger partial charge on any atom is 2.00 e. The Morgan fingerprint density at radius 1 is 0.800 bits per heavy atom. The molecule has 8 nitrogen and oxygen atoms in total. The van der Waals surface area contributed by atoms with E-state index in [1.54, 1.807) is 0 Å². The van der Waals surface area contributed by atoms with Gasteiger partial charge in [0.1, 0.15) is 0 Å². The molecule has 0 unspecified atom stereocenters. The van der Waals surface area contributed by atoms with Crippen molar-refractivity contribution in [1.82, 2.24) is 0 Å². The fourth-order valence-corrected chi connectivity index (χ4v) is 0. The zero-order valence-corrected chi connectivity index (χ0v) is 5.47. The van der Waals surface area contributed by atoms with E-state index in [0.717, 1.165) is 0 Å². The molecule has 0 heterocycles. The smallest absolute Gasteiger partial charge is 0.356 e. The van der Waals surface area contributed by atoms with Gasteiger partial charge >= 0.3 is 23.1 Å². The molecule has 0 amide bonds. The van der Waals surface area contributed by atoms with Crippen LogP contribution in [0.4, 0.5) is 0 Å². The Balaban J connectivity index is -0.0000000300. The van der Waals surface area contributed by atoms with Crippen LogP contribution in [0.5, 0.6) is 0 Å². The Hall–Kier alpha value is -0.301. The molecule has 0 radical (unpaired) electrons. The number of rotatable bonds is 0. The molecule has 0 aliphatic carbocycles. The van der Waals surface area contributed by atoms with Gasteiger partial charge in [0, 0.05) is 0 Å². The molecule has 0 aromatic carbocycles. The van der Waals surface area contributed by atoms with Crippen LogP contribution in [0.1, 0.15) is 0 Å². The molecule has 0 aliphatic rings. The van der Waals surface area contributed by atoms with Gasteiger partial charge in [-0.2, -0.15) is 0 Å². The zero-order valence-electron chi connectivity index (χ0n) is 4.05. The topological polar surface area (TPSA) is 132 Å². The van der Waals surface area contributed by atoms with Crippen molar-refractivity contribution in [2.45, 2.75) is 0 Å². The van der Waals surface area contributed by atoms with Gasteiger partial charge in [-0.3, -0.25) is 0 Å². The Labute approximate surface area is 81.3 Å². The molecule has 0 N–H and O–H groups in total. The van der Waals surface area contributed by atoms with Gasteiger partial charge in [0.05, 0.1) is 10.2 Å². The van der Waals surface area contributed by atoms with Crippen molar-refractivity contribution in [1.29, 1.82) is 0 Å². The van der Waals surface area contributed by atoms with E-state index in [1.807, 2.05) is 0 Å². The average molecular weight is 178 g/mol. The maximum absolute atomic E-state index is 8.25. The molecular formula is H3AlMgN2O6. The summed E-state index contributed by atoms with van der Waals surface area (Å²) in [6.07, 6.45) is 0. The van der Waals surface area contributed by atoms with E-state index in [4.69, 9.17) is 30.6 Å². The van der Waals surface area contributed by atoms with E-state index in [-0.39, 0.29) is 40.4 Å². The molecule has 0 aliphatic heterocycles. The van der Waals surface area contributed by atoms with Gasteiger partial charge in [-0.1, -0.05) is 0 Å². The summed E-state index contributed by atoms with van der Waals surface area (Å²) >= 11 is 0. The van der Waals surface area contributed by atoms with Gasteiger partial charge < -0.3 is 30.6 Å². The SMILES string of the molecule is O=[N+]([O-])[O-].O=[N+]([O-])[O-].[AlH3].[Mg+2]. The van der Waals surface area contributed by atoms with Crippen LogP contribution in [-0.2, 0) is 0 Å². The monoisotopic (exact) mass is 178 g/mol. The van der Waals surface area contributed by atoms with Crippen LogP contribution in [0.3, 0.4) is 0 Å². The third-order valence-electron chi connectivity index (χ3n) is 0. The Bertz CT molecular complexity index is 73.7. The number of hydrogen-bond acceptors (Lipinski definition) is 6. The predicted octanol–water partition coefficient (Wildman–Crippen LogP) is -2.04. The molecular weight excluding hydrogens is 175 g/mol. The van der Waals surface area contributed by atoms with Gasteiger partial charge in [0.15, 0.2) is 17.4 Å². The van der Waals surface area contributed by atoms with Crippen LogP contribution in [0.25, 0.3) is 0 Å². The second kappa shape index (κ2) is 15.9. The van der Waals surface area contributed by atoms with Gasteiger partial charge in [-0.25, -0.2) is 0 Å². The van der Waals surface area contributed by atoms with Crippen molar-refractivity contribution < 1.29 is 10.2 Å². The summed E-state index contributed by atoms with van der Waals surface area (Å²) in [6.45, 7) is 0. The summed E-state index contributed by atoms with van der Waals surface area (Å²) in [5.74, 6) is 0. The molecule has 0 spiro atoms. The Kier molecular flexibility index (Phi) is 35.9. The minimum Gasteiger partial charge on any atom is -0.356 e. The summed E-state index contributed by atoms with van der Waals surface area (Å²) in [6, 6.07) is 0. The second-order valence-electron chi connectivity index (χ2n) is 0.447. The van der Waals surface area contributed by atoms with Crippen molar-refractivity contribution in [2.75, 3.05) is 0 Å². The van der Waals surface area contributed by atoms with E-state index >= 15 is 0 Å². The van der Waals surface area contributed by atoms with Crippen molar-refractivity contribution in [3.63, 3.8) is 0 Å². The molecule has 54 valence electrons. The predicted molar refractivity (Wildman–Crippen MR) is 36.4 cm³/mol. The molecule has 10 heavy (non-hydrogen) atoms. The maximum atomic E-state index is 8.25. The number of hydrogen-bond donors (Lipinski definition) is 0. The third kappa shape index (κ3) is 3810. The Morgan fingerprint density at radius 2 is 0.800 bits per heavy atom. The van der Waals surface area contributed by atoms with E-state index in [9.17, 15) is 0 Å². The largest absolute Gasteiger partial charge is 2.00 e. The summed E-state index contributed by atoms with van der Waals surface area (Å²) in [7, 11) is 0. The van der Waals surface area contributed by atoms with Crippen LogP contribution in [-0.4, -0.2) is 50.6 Å². The fourth-order valence-electron chi connectivity index (χ4n) is 0. The molecule has 0 atom stereocenters. The molecule has 0 saturated heterocycles. The number of nitrogens with zero attached hydrogens (tertiary/aromatic N) is 2. The van der Waals surface area contributed by atoms with E-state index in [0.29, 0.717) is 0 Å². The molecule has 0 bridgehead atoms. The van der Waals surface area contributed by atoms with Gasteiger partial charge in [-0.15, -0.1) is 0 Å².